The van der Waals surface area contributed by atoms with Crippen molar-refractivity contribution in [2.45, 2.75) is 18.7 Å². The standard InChI is InChI=1S/C13H17NO5S/c1-9(13(16)17)8-14(3)20(18,19)12-6-4-5-11(7-12)10(2)15/h4-7,9H,8H2,1-3H3,(H,16,17). The van der Waals surface area contributed by atoms with Crippen molar-refractivity contribution in [3.63, 3.8) is 0 Å². The zero-order chi connectivity index (χ0) is 15.5. The van der Waals surface area contributed by atoms with Crippen LogP contribution in [-0.4, -0.2) is 43.2 Å². The molecule has 0 radical (unpaired) electrons. The molecule has 6 nitrogen and oxygen atoms in total. The average Bonchev–Trinajstić information content (AvgIpc) is 2.38. The molecular formula is C13H17NO5S. The Morgan fingerprint density at radius 1 is 1.35 bits per heavy atom. The molecule has 1 N–H and O–H groups in total. The minimum Gasteiger partial charge on any atom is -0.481 e. The van der Waals surface area contributed by atoms with Crippen molar-refractivity contribution in [1.82, 2.24) is 4.31 Å². The van der Waals surface area contributed by atoms with Gasteiger partial charge in [0, 0.05) is 19.2 Å². The lowest BCUT2D eigenvalue weighted by molar-refractivity contribution is -0.141. The Kier molecular flexibility index (Phi) is 5.02. The van der Waals surface area contributed by atoms with E-state index < -0.39 is 21.9 Å². The summed E-state index contributed by atoms with van der Waals surface area (Å²) in [6.07, 6.45) is 0. The number of carboxylic acids is 1. The highest BCUT2D eigenvalue weighted by molar-refractivity contribution is 7.89. The van der Waals surface area contributed by atoms with Gasteiger partial charge in [-0.3, -0.25) is 9.59 Å². The van der Waals surface area contributed by atoms with Crippen LogP contribution >= 0.6 is 0 Å². The van der Waals surface area contributed by atoms with Gasteiger partial charge >= 0.3 is 5.97 Å². The van der Waals surface area contributed by atoms with E-state index in [2.05, 4.69) is 0 Å². The van der Waals surface area contributed by atoms with Gasteiger partial charge in [0.25, 0.3) is 0 Å². The Hall–Kier alpha value is -1.73. The van der Waals surface area contributed by atoms with Gasteiger partial charge in [-0.15, -0.1) is 0 Å². The van der Waals surface area contributed by atoms with Crippen LogP contribution in [0.25, 0.3) is 0 Å². The van der Waals surface area contributed by atoms with Crippen LogP contribution in [0.3, 0.4) is 0 Å². The fraction of sp³-hybridized carbons (Fsp3) is 0.385. The Bertz CT molecular complexity index is 623. The first-order chi connectivity index (χ1) is 9.16. The quantitative estimate of drug-likeness (QED) is 0.798. The van der Waals surface area contributed by atoms with E-state index >= 15 is 0 Å². The highest BCUT2D eigenvalue weighted by Crippen LogP contribution is 2.17. The van der Waals surface area contributed by atoms with Crippen LogP contribution in [0.1, 0.15) is 24.2 Å². The topological polar surface area (TPSA) is 91.8 Å². The van der Waals surface area contributed by atoms with E-state index in [9.17, 15) is 18.0 Å². The SMILES string of the molecule is CC(=O)c1cccc(S(=O)(=O)N(C)CC(C)C(=O)O)c1. The molecule has 0 heterocycles. The third-order valence-corrected chi connectivity index (χ3v) is 4.72. The number of carboxylic acid groups (broad SMARTS) is 1. The van der Waals surface area contributed by atoms with Crippen LogP contribution in [0.5, 0.6) is 0 Å². The van der Waals surface area contributed by atoms with Gasteiger partial charge in [-0.05, 0) is 19.1 Å². The Labute approximate surface area is 118 Å². The molecule has 0 aliphatic carbocycles. The second-order valence-electron chi connectivity index (χ2n) is 4.61. The van der Waals surface area contributed by atoms with Crippen LogP contribution in [0.2, 0.25) is 0 Å². The van der Waals surface area contributed by atoms with Crippen LogP contribution in [-0.2, 0) is 14.8 Å². The van der Waals surface area contributed by atoms with E-state index in [1.54, 1.807) is 0 Å². The van der Waals surface area contributed by atoms with E-state index in [0.717, 1.165) is 4.31 Å². The number of sulfonamides is 1. The van der Waals surface area contributed by atoms with Gasteiger partial charge in [0.15, 0.2) is 5.78 Å². The first kappa shape index (κ1) is 16.3. The third kappa shape index (κ3) is 3.64. The highest BCUT2D eigenvalue weighted by Gasteiger charge is 2.25. The van der Waals surface area contributed by atoms with Crippen molar-refractivity contribution in [3.05, 3.63) is 29.8 Å². The van der Waals surface area contributed by atoms with Gasteiger partial charge in [-0.2, -0.15) is 0 Å². The number of nitrogens with zero attached hydrogens (tertiary/aromatic N) is 1. The summed E-state index contributed by atoms with van der Waals surface area (Å²) in [6, 6.07) is 5.68. The van der Waals surface area contributed by atoms with Crippen molar-refractivity contribution >= 4 is 21.8 Å². The van der Waals surface area contributed by atoms with Gasteiger partial charge in [0.2, 0.25) is 10.0 Å². The number of ketones is 1. The maximum Gasteiger partial charge on any atom is 0.307 e. The first-order valence-corrected chi connectivity index (χ1v) is 7.40. The summed E-state index contributed by atoms with van der Waals surface area (Å²) >= 11 is 0. The molecule has 0 aromatic heterocycles. The molecule has 0 spiro atoms. The van der Waals surface area contributed by atoms with E-state index in [-0.39, 0.29) is 17.2 Å². The van der Waals surface area contributed by atoms with E-state index in [1.165, 1.54) is 45.2 Å². The van der Waals surface area contributed by atoms with Gasteiger partial charge in [-0.1, -0.05) is 19.1 Å². The van der Waals surface area contributed by atoms with Crippen LogP contribution in [0, 0.1) is 5.92 Å². The van der Waals surface area contributed by atoms with Crippen LogP contribution in [0.15, 0.2) is 29.2 Å². The number of rotatable bonds is 6. The summed E-state index contributed by atoms with van der Waals surface area (Å²) in [5, 5.41) is 8.82. The molecule has 0 fully saturated rings. The molecule has 1 aromatic carbocycles. The number of benzene rings is 1. The molecule has 7 heteroatoms. The van der Waals surface area contributed by atoms with Gasteiger partial charge in [0.1, 0.15) is 0 Å². The van der Waals surface area contributed by atoms with Gasteiger partial charge in [0.05, 0.1) is 10.8 Å². The van der Waals surface area contributed by atoms with Crippen LogP contribution < -0.4 is 0 Å². The summed E-state index contributed by atoms with van der Waals surface area (Å²) in [5.74, 6) is -2.11. The minimum absolute atomic E-state index is 0.0229. The van der Waals surface area contributed by atoms with E-state index in [1.807, 2.05) is 0 Å². The number of carbonyl (C=O) groups is 2. The van der Waals surface area contributed by atoms with Crippen molar-refractivity contribution in [2.75, 3.05) is 13.6 Å². The molecule has 1 unspecified atom stereocenters. The largest absolute Gasteiger partial charge is 0.481 e. The molecule has 110 valence electrons. The number of carbonyl (C=O) groups excluding carboxylic acids is 1. The summed E-state index contributed by atoms with van der Waals surface area (Å²) in [7, 11) is -2.49. The summed E-state index contributed by atoms with van der Waals surface area (Å²) in [5.41, 5.74) is 0.297. The first-order valence-electron chi connectivity index (χ1n) is 5.96. The normalized spacial score (nSPS) is 13.2. The molecule has 1 aromatic rings. The number of Topliss-reactive ketones (excluding diaryl/α,β-unsaturated/α-hetero) is 1. The van der Waals surface area contributed by atoms with Crippen molar-refractivity contribution in [1.29, 1.82) is 0 Å². The number of hydrogen-bond donors (Lipinski definition) is 1. The number of aliphatic carboxylic acids is 1. The van der Waals surface area contributed by atoms with E-state index in [4.69, 9.17) is 5.11 Å². The van der Waals surface area contributed by atoms with Gasteiger partial charge in [-0.25, -0.2) is 12.7 Å². The van der Waals surface area contributed by atoms with Crippen molar-refractivity contribution in [2.24, 2.45) is 5.92 Å². The van der Waals surface area contributed by atoms with Crippen molar-refractivity contribution < 1.29 is 23.1 Å². The second-order valence-corrected chi connectivity index (χ2v) is 6.65. The molecular weight excluding hydrogens is 282 g/mol. The lowest BCUT2D eigenvalue weighted by Gasteiger charge is -2.19. The lowest BCUT2D eigenvalue weighted by atomic mass is 10.2. The maximum absolute atomic E-state index is 12.3. The predicted octanol–water partition coefficient (Wildman–Crippen LogP) is 1.23. The molecule has 0 saturated carbocycles. The fourth-order valence-corrected chi connectivity index (χ4v) is 2.92. The lowest BCUT2D eigenvalue weighted by Crippen LogP contribution is -2.33. The second kappa shape index (κ2) is 6.15. The van der Waals surface area contributed by atoms with E-state index in [0.29, 0.717) is 5.56 Å². The number of hydrogen-bond acceptors (Lipinski definition) is 4. The minimum atomic E-state index is -3.81. The maximum atomic E-state index is 12.3. The Balaban J connectivity index is 3.07. The summed E-state index contributed by atoms with van der Waals surface area (Å²) in [4.78, 5) is 22.0. The molecule has 0 aliphatic rings. The molecule has 0 saturated heterocycles. The third-order valence-electron chi connectivity index (χ3n) is 2.90. The zero-order valence-corrected chi connectivity index (χ0v) is 12.3. The fourth-order valence-electron chi connectivity index (χ4n) is 1.62. The van der Waals surface area contributed by atoms with Crippen LogP contribution in [0.4, 0.5) is 0 Å². The molecule has 0 aliphatic heterocycles. The van der Waals surface area contributed by atoms with Gasteiger partial charge < -0.3 is 5.11 Å². The molecule has 0 amide bonds. The Morgan fingerprint density at radius 2 is 1.95 bits per heavy atom. The monoisotopic (exact) mass is 299 g/mol. The predicted molar refractivity (Wildman–Crippen MR) is 73.1 cm³/mol. The molecule has 1 rings (SSSR count). The molecule has 20 heavy (non-hydrogen) atoms. The average molecular weight is 299 g/mol. The highest BCUT2D eigenvalue weighted by atomic mass is 32.2. The summed E-state index contributed by atoms with van der Waals surface area (Å²) < 4.78 is 25.6. The molecule has 1 atom stereocenters. The summed E-state index contributed by atoms with van der Waals surface area (Å²) in [6.45, 7) is 2.64. The Morgan fingerprint density at radius 3 is 2.45 bits per heavy atom. The van der Waals surface area contributed by atoms with Crippen molar-refractivity contribution in [3.8, 4) is 0 Å². The molecule has 0 bridgehead atoms. The smallest absolute Gasteiger partial charge is 0.307 e. The zero-order valence-electron chi connectivity index (χ0n) is 11.5.